The lowest BCUT2D eigenvalue weighted by molar-refractivity contribution is 0.00546. The maximum absolute atomic E-state index is 6.15. The molecule has 0 heterocycles. The van der Waals surface area contributed by atoms with Crippen molar-refractivity contribution < 1.29 is 9.47 Å². The number of halogens is 1. The van der Waals surface area contributed by atoms with Gasteiger partial charge in [-0.3, -0.25) is 0 Å². The Labute approximate surface area is 114 Å². The summed E-state index contributed by atoms with van der Waals surface area (Å²) in [4.78, 5) is 0. The summed E-state index contributed by atoms with van der Waals surface area (Å²) in [7, 11) is 1.70. The molecule has 0 spiro atoms. The van der Waals surface area contributed by atoms with Gasteiger partial charge in [0, 0.05) is 13.5 Å². The summed E-state index contributed by atoms with van der Waals surface area (Å²) in [6, 6.07) is 5.80. The van der Waals surface area contributed by atoms with E-state index in [0.717, 1.165) is 18.4 Å². The van der Waals surface area contributed by atoms with Crippen molar-refractivity contribution in [3.63, 3.8) is 0 Å². The number of nitrogens with two attached hydrogens (primary N) is 1. The quantitative estimate of drug-likeness (QED) is 0.829. The summed E-state index contributed by atoms with van der Waals surface area (Å²) in [5, 5.41) is 0.635. The van der Waals surface area contributed by atoms with E-state index in [-0.39, 0.29) is 5.60 Å². The van der Waals surface area contributed by atoms with Crippen molar-refractivity contribution in [3.8, 4) is 5.75 Å². The van der Waals surface area contributed by atoms with Crippen LogP contribution < -0.4 is 10.5 Å². The van der Waals surface area contributed by atoms with Gasteiger partial charge in [0.25, 0.3) is 0 Å². The van der Waals surface area contributed by atoms with Crippen molar-refractivity contribution in [1.29, 1.82) is 0 Å². The Hall–Kier alpha value is -0.770. The van der Waals surface area contributed by atoms with E-state index in [9.17, 15) is 0 Å². The normalized spacial score (nSPS) is 11.6. The van der Waals surface area contributed by atoms with E-state index in [2.05, 4.69) is 0 Å². The third kappa shape index (κ3) is 4.84. The van der Waals surface area contributed by atoms with Gasteiger partial charge in [0.2, 0.25) is 0 Å². The van der Waals surface area contributed by atoms with Crippen LogP contribution in [0.15, 0.2) is 18.2 Å². The molecule has 1 aromatic rings. The van der Waals surface area contributed by atoms with E-state index in [1.54, 1.807) is 7.11 Å². The Balaban J connectivity index is 2.53. The van der Waals surface area contributed by atoms with Gasteiger partial charge < -0.3 is 15.2 Å². The zero-order chi connectivity index (χ0) is 13.6. The highest BCUT2D eigenvalue weighted by Gasteiger charge is 2.16. The van der Waals surface area contributed by atoms with Crippen LogP contribution in [0.4, 0.5) is 0 Å². The van der Waals surface area contributed by atoms with Gasteiger partial charge in [-0.1, -0.05) is 17.7 Å². The summed E-state index contributed by atoms with van der Waals surface area (Å²) in [6.45, 7) is 5.26. The fraction of sp³-hybridized carbons (Fsp3) is 0.571. The zero-order valence-electron chi connectivity index (χ0n) is 11.3. The molecular weight excluding hydrogens is 250 g/mol. The molecular formula is C14H22ClNO2. The van der Waals surface area contributed by atoms with Crippen molar-refractivity contribution >= 4 is 11.6 Å². The van der Waals surface area contributed by atoms with Gasteiger partial charge in [0.15, 0.2) is 0 Å². The van der Waals surface area contributed by atoms with Crippen LogP contribution in [0.3, 0.4) is 0 Å². The molecule has 0 atom stereocenters. The zero-order valence-corrected chi connectivity index (χ0v) is 12.1. The summed E-state index contributed by atoms with van der Waals surface area (Å²) in [5.41, 5.74) is 6.46. The van der Waals surface area contributed by atoms with Crippen molar-refractivity contribution in [2.45, 2.75) is 32.3 Å². The average Bonchev–Trinajstić information content (AvgIpc) is 2.32. The lowest BCUT2D eigenvalue weighted by atomic mass is 10.1. The molecule has 0 fully saturated rings. The summed E-state index contributed by atoms with van der Waals surface area (Å²) in [6.07, 6.45) is 1.64. The van der Waals surface area contributed by atoms with E-state index >= 15 is 0 Å². The third-order valence-electron chi connectivity index (χ3n) is 2.94. The van der Waals surface area contributed by atoms with Crippen molar-refractivity contribution in [2.75, 3.05) is 20.3 Å². The Kier molecular flexibility index (Phi) is 5.93. The minimum absolute atomic E-state index is 0.175. The van der Waals surface area contributed by atoms with Crippen LogP contribution in [0.1, 0.15) is 25.8 Å². The molecule has 1 rings (SSSR count). The molecule has 2 N–H and O–H groups in total. The van der Waals surface area contributed by atoms with E-state index < -0.39 is 0 Å². The molecule has 0 radical (unpaired) electrons. The van der Waals surface area contributed by atoms with Gasteiger partial charge in [0.1, 0.15) is 5.75 Å². The van der Waals surface area contributed by atoms with Gasteiger partial charge in [0.05, 0.1) is 17.2 Å². The molecule has 0 saturated heterocycles. The summed E-state index contributed by atoms with van der Waals surface area (Å²) in [5.74, 6) is 0.712. The molecule has 4 heteroatoms. The lowest BCUT2D eigenvalue weighted by Gasteiger charge is -2.22. The monoisotopic (exact) mass is 271 g/mol. The second-order valence-corrected chi connectivity index (χ2v) is 5.27. The number of ether oxygens (including phenoxy) is 2. The van der Waals surface area contributed by atoms with Crippen LogP contribution in [0, 0.1) is 0 Å². The number of methoxy groups -OCH3 is 1. The molecule has 0 unspecified atom stereocenters. The van der Waals surface area contributed by atoms with Crippen LogP contribution in [0.2, 0.25) is 5.02 Å². The fourth-order valence-electron chi connectivity index (χ4n) is 1.49. The Morgan fingerprint density at radius 1 is 1.33 bits per heavy atom. The highest BCUT2D eigenvalue weighted by atomic mass is 35.5. The molecule has 0 saturated carbocycles. The first kappa shape index (κ1) is 15.3. The molecule has 3 nitrogen and oxygen atoms in total. The first-order valence-electron chi connectivity index (χ1n) is 6.15. The second-order valence-electron chi connectivity index (χ2n) is 4.87. The Morgan fingerprint density at radius 3 is 2.61 bits per heavy atom. The highest BCUT2D eigenvalue weighted by molar-refractivity contribution is 6.32. The minimum atomic E-state index is -0.175. The van der Waals surface area contributed by atoms with E-state index in [0.29, 0.717) is 23.9 Å². The van der Waals surface area contributed by atoms with Crippen LogP contribution in [-0.4, -0.2) is 25.9 Å². The summed E-state index contributed by atoms with van der Waals surface area (Å²) < 4.78 is 11.0. The summed E-state index contributed by atoms with van der Waals surface area (Å²) >= 11 is 6.15. The number of benzene rings is 1. The predicted molar refractivity (Wildman–Crippen MR) is 75.4 cm³/mol. The van der Waals surface area contributed by atoms with Crippen molar-refractivity contribution in [3.05, 3.63) is 28.8 Å². The van der Waals surface area contributed by atoms with Gasteiger partial charge >= 0.3 is 0 Å². The predicted octanol–water partition coefficient (Wildman–Crippen LogP) is 3.04. The molecule has 102 valence electrons. The van der Waals surface area contributed by atoms with Gasteiger partial charge in [-0.05, 0) is 44.5 Å². The molecule has 0 amide bonds. The fourth-order valence-corrected chi connectivity index (χ4v) is 1.75. The topological polar surface area (TPSA) is 44.5 Å². The van der Waals surface area contributed by atoms with Crippen LogP contribution in [-0.2, 0) is 11.2 Å². The first-order chi connectivity index (χ1) is 8.48. The largest absolute Gasteiger partial charge is 0.492 e. The van der Waals surface area contributed by atoms with Crippen LogP contribution in [0.25, 0.3) is 0 Å². The maximum Gasteiger partial charge on any atom is 0.137 e. The molecule has 1 aromatic carbocycles. The first-order valence-corrected chi connectivity index (χ1v) is 6.53. The second kappa shape index (κ2) is 6.98. The van der Waals surface area contributed by atoms with Crippen molar-refractivity contribution in [2.24, 2.45) is 5.73 Å². The van der Waals surface area contributed by atoms with Gasteiger partial charge in [-0.25, -0.2) is 0 Å². The molecule has 0 aliphatic rings. The SMILES string of the molecule is COC(C)(C)CCOc1ccc(CCN)cc1Cl. The van der Waals surface area contributed by atoms with Gasteiger partial charge in [-0.2, -0.15) is 0 Å². The standard InChI is InChI=1S/C14H22ClNO2/c1-14(2,17-3)7-9-18-13-5-4-11(6-8-16)10-12(13)15/h4-5,10H,6-9,16H2,1-3H3. The van der Waals surface area contributed by atoms with E-state index in [1.165, 1.54) is 0 Å². The number of rotatable bonds is 7. The van der Waals surface area contributed by atoms with Gasteiger partial charge in [-0.15, -0.1) is 0 Å². The molecule has 0 aliphatic heterocycles. The third-order valence-corrected chi connectivity index (χ3v) is 3.24. The molecule has 0 aliphatic carbocycles. The Bertz CT molecular complexity index is 380. The average molecular weight is 272 g/mol. The van der Waals surface area contributed by atoms with E-state index in [1.807, 2.05) is 32.0 Å². The van der Waals surface area contributed by atoms with E-state index in [4.69, 9.17) is 26.8 Å². The minimum Gasteiger partial charge on any atom is -0.492 e. The Morgan fingerprint density at radius 2 is 2.06 bits per heavy atom. The lowest BCUT2D eigenvalue weighted by Crippen LogP contribution is -2.25. The molecule has 18 heavy (non-hydrogen) atoms. The number of hydrogen-bond acceptors (Lipinski definition) is 3. The van der Waals surface area contributed by atoms with Crippen molar-refractivity contribution in [1.82, 2.24) is 0 Å². The van der Waals surface area contributed by atoms with Crippen LogP contribution in [0.5, 0.6) is 5.75 Å². The van der Waals surface area contributed by atoms with Crippen LogP contribution >= 0.6 is 11.6 Å². The maximum atomic E-state index is 6.15. The number of hydrogen-bond donors (Lipinski definition) is 1. The smallest absolute Gasteiger partial charge is 0.137 e. The highest BCUT2D eigenvalue weighted by Crippen LogP contribution is 2.26. The molecule has 0 bridgehead atoms. The molecule has 0 aromatic heterocycles.